The molecule has 0 heterocycles. The summed E-state index contributed by atoms with van der Waals surface area (Å²) in [4.78, 5) is 14.9. The minimum absolute atomic E-state index is 0.0172. The average Bonchev–Trinajstić information content (AvgIpc) is 2.28. The van der Waals surface area contributed by atoms with Crippen LogP contribution in [0.4, 0.5) is 5.69 Å². The number of rotatable bonds is 4. The molecule has 0 spiro atoms. The maximum absolute atomic E-state index is 11.5. The van der Waals surface area contributed by atoms with Gasteiger partial charge in [0.05, 0.1) is 13.2 Å². The van der Waals surface area contributed by atoms with E-state index in [1.54, 1.807) is 19.0 Å². The van der Waals surface area contributed by atoms with E-state index in [0.29, 0.717) is 6.54 Å². The minimum atomic E-state index is -0.0172. The van der Waals surface area contributed by atoms with Gasteiger partial charge in [0.1, 0.15) is 0 Å². The van der Waals surface area contributed by atoms with Gasteiger partial charge in [-0.05, 0) is 6.07 Å². The van der Waals surface area contributed by atoms with Crippen molar-refractivity contribution in [3.63, 3.8) is 0 Å². The van der Waals surface area contributed by atoms with Gasteiger partial charge < -0.3 is 14.9 Å². The molecule has 1 rings (SSSR count). The number of carbonyl (C=O) groups is 1. The molecule has 4 nitrogen and oxygen atoms in total. The third-order valence-electron chi connectivity index (χ3n) is 2.44. The number of para-hydroxylation sites is 1. The van der Waals surface area contributed by atoms with Gasteiger partial charge in [-0.15, -0.1) is 0 Å². The van der Waals surface area contributed by atoms with Crippen LogP contribution in [0.25, 0.3) is 0 Å². The number of aliphatic hydroxyl groups excluding tert-OH is 1. The molecule has 1 aromatic rings. The van der Waals surface area contributed by atoms with Crippen molar-refractivity contribution in [2.75, 3.05) is 32.6 Å². The Morgan fingerprint density at radius 3 is 2.44 bits per heavy atom. The minimum Gasteiger partial charge on any atom is -0.392 e. The maximum atomic E-state index is 11.5. The highest BCUT2D eigenvalue weighted by Gasteiger charge is 2.11. The van der Waals surface area contributed by atoms with Gasteiger partial charge in [-0.3, -0.25) is 4.79 Å². The number of amides is 1. The first kappa shape index (κ1) is 12.5. The molecule has 0 atom stereocenters. The van der Waals surface area contributed by atoms with Crippen molar-refractivity contribution in [1.29, 1.82) is 0 Å². The summed E-state index contributed by atoms with van der Waals surface area (Å²) in [5, 5.41) is 9.19. The van der Waals surface area contributed by atoms with Crippen LogP contribution in [0.2, 0.25) is 0 Å². The molecule has 88 valence electrons. The fourth-order valence-electron chi connectivity index (χ4n) is 1.45. The van der Waals surface area contributed by atoms with Crippen molar-refractivity contribution in [3.8, 4) is 0 Å². The molecule has 1 amide bonds. The lowest BCUT2D eigenvalue weighted by molar-refractivity contribution is -0.127. The normalized spacial score (nSPS) is 10.0. The highest BCUT2D eigenvalue weighted by Crippen LogP contribution is 2.18. The van der Waals surface area contributed by atoms with Gasteiger partial charge in [-0.1, -0.05) is 18.2 Å². The van der Waals surface area contributed by atoms with Crippen molar-refractivity contribution in [2.45, 2.75) is 6.61 Å². The van der Waals surface area contributed by atoms with Crippen LogP contribution in [0, 0.1) is 0 Å². The quantitative estimate of drug-likeness (QED) is 0.815. The van der Waals surface area contributed by atoms with Crippen molar-refractivity contribution < 1.29 is 9.90 Å². The van der Waals surface area contributed by atoms with E-state index in [2.05, 4.69) is 0 Å². The van der Waals surface area contributed by atoms with E-state index < -0.39 is 0 Å². The van der Waals surface area contributed by atoms with E-state index in [1.165, 1.54) is 0 Å². The zero-order valence-electron chi connectivity index (χ0n) is 9.97. The third-order valence-corrected chi connectivity index (χ3v) is 2.44. The van der Waals surface area contributed by atoms with Crippen LogP contribution in [0.1, 0.15) is 5.56 Å². The molecule has 0 aliphatic rings. The molecule has 0 fully saturated rings. The molecule has 0 radical (unpaired) electrons. The number of likely N-dealkylation sites (N-methyl/N-ethyl adjacent to an activating group) is 2. The number of hydrogen-bond donors (Lipinski definition) is 1. The molecular formula is C12H18N2O2. The Morgan fingerprint density at radius 2 is 1.88 bits per heavy atom. The molecule has 4 heteroatoms. The molecule has 1 aromatic carbocycles. The molecule has 0 aliphatic heterocycles. The van der Waals surface area contributed by atoms with Crippen LogP contribution >= 0.6 is 0 Å². The van der Waals surface area contributed by atoms with E-state index in [9.17, 15) is 9.90 Å². The standard InChI is InChI=1S/C12H18N2O2/c1-13(2)12(16)8-14(3)11-7-5-4-6-10(11)9-15/h4-7,15H,8-9H2,1-3H3. The van der Waals surface area contributed by atoms with Crippen LogP contribution in [0.3, 0.4) is 0 Å². The Balaban J connectivity index is 2.80. The monoisotopic (exact) mass is 222 g/mol. The van der Waals surface area contributed by atoms with E-state index in [1.807, 2.05) is 36.2 Å². The number of nitrogens with zero attached hydrogens (tertiary/aromatic N) is 2. The summed E-state index contributed by atoms with van der Waals surface area (Å²) in [6, 6.07) is 7.52. The summed E-state index contributed by atoms with van der Waals surface area (Å²) in [5.41, 5.74) is 1.72. The van der Waals surface area contributed by atoms with E-state index in [0.717, 1.165) is 11.3 Å². The zero-order valence-corrected chi connectivity index (χ0v) is 9.97. The van der Waals surface area contributed by atoms with Gasteiger partial charge in [0.2, 0.25) is 5.91 Å². The molecular weight excluding hydrogens is 204 g/mol. The fourth-order valence-corrected chi connectivity index (χ4v) is 1.45. The Hall–Kier alpha value is -1.55. The lowest BCUT2D eigenvalue weighted by Gasteiger charge is -2.23. The van der Waals surface area contributed by atoms with Gasteiger partial charge in [-0.25, -0.2) is 0 Å². The van der Waals surface area contributed by atoms with Gasteiger partial charge in [0, 0.05) is 32.4 Å². The lowest BCUT2D eigenvalue weighted by atomic mass is 10.1. The first-order valence-corrected chi connectivity index (χ1v) is 5.16. The second-order valence-corrected chi connectivity index (χ2v) is 3.93. The first-order chi connectivity index (χ1) is 7.56. The van der Waals surface area contributed by atoms with Gasteiger partial charge >= 0.3 is 0 Å². The molecule has 0 aromatic heterocycles. The second-order valence-electron chi connectivity index (χ2n) is 3.93. The lowest BCUT2D eigenvalue weighted by Crippen LogP contribution is -2.34. The van der Waals surface area contributed by atoms with Crippen molar-refractivity contribution in [2.24, 2.45) is 0 Å². The number of hydrogen-bond acceptors (Lipinski definition) is 3. The SMILES string of the molecule is CN(C)C(=O)CN(C)c1ccccc1CO. The van der Waals surface area contributed by atoms with Crippen molar-refractivity contribution in [3.05, 3.63) is 29.8 Å². The summed E-state index contributed by atoms with van der Waals surface area (Å²) >= 11 is 0. The zero-order chi connectivity index (χ0) is 12.1. The number of carbonyl (C=O) groups excluding carboxylic acids is 1. The smallest absolute Gasteiger partial charge is 0.241 e. The van der Waals surface area contributed by atoms with Gasteiger partial charge in [-0.2, -0.15) is 0 Å². The summed E-state index contributed by atoms with van der Waals surface area (Å²) in [6.07, 6.45) is 0. The van der Waals surface area contributed by atoms with E-state index in [4.69, 9.17) is 0 Å². The Morgan fingerprint density at radius 1 is 1.25 bits per heavy atom. The van der Waals surface area contributed by atoms with Crippen LogP contribution in [0.5, 0.6) is 0 Å². The van der Waals surface area contributed by atoms with Crippen LogP contribution in [-0.2, 0) is 11.4 Å². The molecule has 16 heavy (non-hydrogen) atoms. The van der Waals surface area contributed by atoms with Gasteiger partial charge in [0.25, 0.3) is 0 Å². The largest absolute Gasteiger partial charge is 0.392 e. The summed E-state index contributed by atoms with van der Waals surface area (Å²) < 4.78 is 0. The summed E-state index contributed by atoms with van der Waals surface area (Å²) in [5.74, 6) is 0.0373. The number of benzene rings is 1. The van der Waals surface area contributed by atoms with Crippen LogP contribution in [-0.4, -0.2) is 43.6 Å². The van der Waals surface area contributed by atoms with E-state index >= 15 is 0 Å². The maximum Gasteiger partial charge on any atom is 0.241 e. The predicted molar refractivity (Wildman–Crippen MR) is 64.3 cm³/mol. The number of anilines is 1. The molecule has 0 aliphatic carbocycles. The van der Waals surface area contributed by atoms with Crippen LogP contribution in [0.15, 0.2) is 24.3 Å². The Kier molecular flexibility index (Phi) is 4.31. The van der Waals surface area contributed by atoms with Crippen LogP contribution < -0.4 is 4.90 Å². The summed E-state index contributed by atoms with van der Waals surface area (Å²) in [7, 11) is 5.30. The van der Waals surface area contributed by atoms with Crippen molar-refractivity contribution >= 4 is 11.6 Å². The Labute approximate surface area is 96.1 Å². The molecule has 1 N–H and O–H groups in total. The van der Waals surface area contributed by atoms with Gasteiger partial charge in [0.15, 0.2) is 0 Å². The molecule has 0 unspecified atom stereocenters. The molecule has 0 saturated carbocycles. The topological polar surface area (TPSA) is 43.8 Å². The van der Waals surface area contributed by atoms with Crippen molar-refractivity contribution in [1.82, 2.24) is 4.90 Å². The highest BCUT2D eigenvalue weighted by atomic mass is 16.3. The predicted octanol–water partition coefficient (Wildman–Crippen LogP) is 0.703. The molecule has 0 bridgehead atoms. The molecule has 0 saturated heterocycles. The fraction of sp³-hybridized carbons (Fsp3) is 0.417. The Bertz CT molecular complexity index is 364. The summed E-state index contributed by atoms with van der Waals surface area (Å²) in [6.45, 7) is 0.292. The second kappa shape index (κ2) is 5.51. The average molecular weight is 222 g/mol. The third kappa shape index (κ3) is 2.97. The first-order valence-electron chi connectivity index (χ1n) is 5.16. The van der Waals surface area contributed by atoms with E-state index in [-0.39, 0.29) is 12.5 Å². The number of aliphatic hydroxyl groups is 1. The highest BCUT2D eigenvalue weighted by molar-refractivity contribution is 5.81.